The molecule has 4 N–H and O–H groups in total. The maximum Gasteiger partial charge on any atom is 0.387 e. The van der Waals surface area contributed by atoms with Crippen molar-refractivity contribution in [2.24, 2.45) is 28.0 Å². The van der Waals surface area contributed by atoms with Crippen molar-refractivity contribution in [2.45, 2.75) is 64.8 Å². The molecule has 7 nitrogen and oxygen atoms in total. The van der Waals surface area contributed by atoms with E-state index in [0.717, 1.165) is 38.1 Å². The Morgan fingerprint density at radius 2 is 2.15 bits per heavy atom. The van der Waals surface area contributed by atoms with Crippen LogP contribution < -0.4 is 16.2 Å². The molecule has 5 atom stereocenters. The van der Waals surface area contributed by atoms with Gasteiger partial charge in [-0.1, -0.05) is 6.92 Å². The molecule has 3 aliphatic rings. The highest BCUT2D eigenvalue weighted by Gasteiger charge is 2.67. The molecule has 1 saturated heterocycles. The van der Waals surface area contributed by atoms with Crippen LogP contribution in [0.2, 0.25) is 0 Å². The zero-order valence-electron chi connectivity index (χ0n) is 19.8. The summed E-state index contributed by atoms with van der Waals surface area (Å²) in [5, 5.41) is 0. The molecule has 0 spiro atoms. The number of aliphatic imine (C=N–C) groups is 1. The summed E-state index contributed by atoms with van der Waals surface area (Å²) in [5.41, 5.74) is 14.1. The summed E-state index contributed by atoms with van der Waals surface area (Å²) in [5.74, 6) is 0.622. The Hall–Kier alpha value is -2.26. The lowest BCUT2D eigenvalue weighted by molar-refractivity contribution is -0.0495. The number of fused-ring (bicyclic) bond motifs is 1. The standard InChI is InChI=1S/C24H35F2N5O2/c1-13(2)30-19(9-18(27)14-7-20(33-23(25)26)22(28)29-11-14)21-17-8-15(10-24(17,21)3)31-6-5-16(12-31)32-4/h7,9,11,13,15-17,21,23H,5-6,8,10,12,27H2,1-4H3,(H2,28,29)/t15-,16?,17-,21+,24?/m0/s1. The summed E-state index contributed by atoms with van der Waals surface area (Å²) in [6.45, 7) is 5.57. The molecule has 0 amide bonds. The third-order valence-corrected chi connectivity index (χ3v) is 7.54. The Balaban J connectivity index is 1.51. The summed E-state index contributed by atoms with van der Waals surface area (Å²) in [4.78, 5) is 11.4. The third kappa shape index (κ3) is 4.84. The molecule has 9 heteroatoms. The van der Waals surface area contributed by atoms with Gasteiger partial charge in [-0.3, -0.25) is 9.89 Å². The molecule has 1 aromatic heterocycles. The van der Waals surface area contributed by atoms with E-state index >= 15 is 0 Å². The molecule has 2 aliphatic carbocycles. The summed E-state index contributed by atoms with van der Waals surface area (Å²) in [6, 6.07) is 2.11. The minimum absolute atomic E-state index is 0.101. The Labute approximate surface area is 194 Å². The van der Waals surface area contributed by atoms with E-state index in [1.54, 1.807) is 7.11 Å². The van der Waals surface area contributed by atoms with Gasteiger partial charge in [-0.05, 0) is 56.6 Å². The number of rotatable bonds is 8. The number of nitrogens with zero attached hydrogens (tertiary/aromatic N) is 3. The lowest BCUT2D eigenvalue weighted by atomic mass is 9.94. The van der Waals surface area contributed by atoms with Gasteiger partial charge in [-0.25, -0.2) is 4.98 Å². The number of nitrogen functional groups attached to an aromatic ring is 1. The fourth-order valence-corrected chi connectivity index (χ4v) is 5.88. The van der Waals surface area contributed by atoms with Crippen molar-refractivity contribution >= 4 is 17.2 Å². The first-order valence-corrected chi connectivity index (χ1v) is 11.6. The van der Waals surface area contributed by atoms with Gasteiger partial charge in [0.2, 0.25) is 0 Å². The van der Waals surface area contributed by atoms with E-state index in [9.17, 15) is 8.78 Å². The summed E-state index contributed by atoms with van der Waals surface area (Å²) in [7, 11) is 1.79. The molecule has 0 radical (unpaired) electrons. The van der Waals surface area contributed by atoms with Crippen LogP contribution in [0.25, 0.3) is 5.70 Å². The van der Waals surface area contributed by atoms with Crippen LogP contribution in [0.5, 0.6) is 5.75 Å². The summed E-state index contributed by atoms with van der Waals surface area (Å²) >= 11 is 0. The number of ether oxygens (including phenoxy) is 2. The lowest BCUT2D eigenvalue weighted by Gasteiger charge is -2.27. The van der Waals surface area contributed by atoms with Crippen LogP contribution in [0, 0.1) is 17.3 Å². The van der Waals surface area contributed by atoms with Gasteiger partial charge in [0.25, 0.3) is 0 Å². The molecule has 0 bridgehead atoms. The minimum Gasteiger partial charge on any atom is -0.431 e. The number of methoxy groups -OCH3 is 1. The zero-order chi connectivity index (χ0) is 23.9. The van der Waals surface area contributed by atoms with E-state index in [-0.39, 0.29) is 23.0 Å². The zero-order valence-corrected chi connectivity index (χ0v) is 19.8. The average Bonchev–Trinajstić information content (AvgIpc) is 3.08. The summed E-state index contributed by atoms with van der Waals surface area (Å²) < 4.78 is 35.4. The van der Waals surface area contributed by atoms with Crippen LogP contribution in [0.15, 0.2) is 23.3 Å². The highest BCUT2D eigenvalue weighted by Crippen LogP contribution is 2.69. The van der Waals surface area contributed by atoms with E-state index in [2.05, 4.69) is 21.5 Å². The van der Waals surface area contributed by atoms with Crippen LogP contribution in [-0.2, 0) is 4.74 Å². The number of nitrogens with two attached hydrogens (primary N) is 2. The third-order valence-electron chi connectivity index (χ3n) is 7.54. The van der Waals surface area contributed by atoms with Crippen molar-refractivity contribution in [3.8, 4) is 5.75 Å². The van der Waals surface area contributed by atoms with Gasteiger partial charge in [-0.2, -0.15) is 8.78 Å². The van der Waals surface area contributed by atoms with Gasteiger partial charge in [0.1, 0.15) is 0 Å². The number of likely N-dealkylation sites (tertiary alicyclic amines) is 1. The molecular weight excluding hydrogens is 428 g/mol. The largest absolute Gasteiger partial charge is 0.431 e. The van der Waals surface area contributed by atoms with Gasteiger partial charge in [0, 0.05) is 61.4 Å². The SMILES string of the molecule is COC1CCN([C@H]2C[C@H]3[C@H](C(C=C(N)c4cnc(N)c(OC(F)F)c4)=NC(C)C)C3(C)C2)C1. The predicted molar refractivity (Wildman–Crippen MR) is 125 cm³/mol. The Kier molecular flexibility index (Phi) is 6.64. The topological polar surface area (TPSA) is 99.0 Å². The molecule has 4 rings (SSSR count). The monoisotopic (exact) mass is 463 g/mol. The van der Waals surface area contributed by atoms with Crippen molar-refractivity contribution in [1.82, 2.24) is 9.88 Å². The van der Waals surface area contributed by atoms with E-state index in [0.29, 0.717) is 35.2 Å². The number of aromatic nitrogens is 1. The van der Waals surface area contributed by atoms with Gasteiger partial charge >= 0.3 is 6.61 Å². The van der Waals surface area contributed by atoms with Crippen LogP contribution in [0.4, 0.5) is 14.6 Å². The molecule has 2 unspecified atom stereocenters. The van der Waals surface area contributed by atoms with E-state index in [4.69, 9.17) is 21.2 Å². The number of allylic oxidation sites excluding steroid dienone is 1. The number of halogens is 2. The second-order valence-corrected chi connectivity index (χ2v) is 10.1. The molecule has 0 aromatic carbocycles. The van der Waals surface area contributed by atoms with Crippen molar-refractivity contribution in [2.75, 3.05) is 25.9 Å². The molecule has 33 heavy (non-hydrogen) atoms. The Bertz CT molecular complexity index is 937. The maximum atomic E-state index is 12.7. The van der Waals surface area contributed by atoms with E-state index in [1.165, 1.54) is 12.3 Å². The van der Waals surface area contributed by atoms with E-state index < -0.39 is 6.61 Å². The van der Waals surface area contributed by atoms with Crippen LogP contribution in [0.1, 0.15) is 45.6 Å². The molecular formula is C24H35F2N5O2. The van der Waals surface area contributed by atoms with Crippen LogP contribution >= 0.6 is 0 Å². The molecule has 2 saturated carbocycles. The maximum absolute atomic E-state index is 12.7. The Morgan fingerprint density at radius 3 is 2.73 bits per heavy atom. The highest BCUT2D eigenvalue weighted by atomic mass is 19.3. The number of alkyl halides is 2. The van der Waals surface area contributed by atoms with Gasteiger partial charge < -0.3 is 20.9 Å². The average molecular weight is 464 g/mol. The van der Waals surface area contributed by atoms with Crippen molar-refractivity contribution in [3.63, 3.8) is 0 Å². The van der Waals surface area contributed by atoms with Gasteiger partial charge in [0.05, 0.1) is 6.10 Å². The highest BCUT2D eigenvalue weighted by molar-refractivity contribution is 6.04. The first kappa shape index (κ1) is 23.9. The smallest absolute Gasteiger partial charge is 0.387 e. The normalized spacial score (nSPS) is 32.6. The van der Waals surface area contributed by atoms with Crippen LogP contribution in [0.3, 0.4) is 0 Å². The van der Waals surface area contributed by atoms with Crippen molar-refractivity contribution in [3.05, 3.63) is 23.9 Å². The Morgan fingerprint density at radius 1 is 1.39 bits per heavy atom. The first-order valence-electron chi connectivity index (χ1n) is 11.6. The minimum atomic E-state index is -2.99. The molecule has 3 fully saturated rings. The second kappa shape index (κ2) is 9.18. The molecule has 1 aromatic rings. The lowest BCUT2D eigenvalue weighted by Crippen LogP contribution is -2.35. The molecule has 182 valence electrons. The summed E-state index contributed by atoms with van der Waals surface area (Å²) in [6.07, 6.45) is 7.08. The number of pyridine rings is 1. The van der Waals surface area contributed by atoms with E-state index in [1.807, 2.05) is 19.9 Å². The second-order valence-electron chi connectivity index (χ2n) is 10.1. The molecule has 1 aliphatic heterocycles. The van der Waals surface area contributed by atoms with Gasteiger partial charge in [0.15, 0.2) is 11.6 Å². The van der Waals surface area contributed by atoms with Crippen LogP contribution in [-0.4, -0.2) is 60.6 Å². The predicted octanol–water partition coefficient (Wildman–Crippen LogP) is 3.55. The van der Waals surface area contributed by atoms with Gasteiger partial charge in [-0.15, -0.1) is 0 Å². The number of hydrogen-bond acceptors (Lipinski definition) is 7. The first-order chi connectivity index (χ1) is 15.6. The number of anilines is 1. The quantitative estimate of drug-likeness (QED) is 0.572. The molecule has 2 heterocycles. The van der Waals surface area contributed by atoms with Crippen molar-refractivity contribution < 1.29 is 18.3 Å². The van der Waals surface area contributed by atoms with Crippen molar-refractivity contribution in [1.29, 1.82) is 0 Å². The fraction of sp³-hybridized carbons (Fsp3) is 0.667. The fourth-order valence-electron chi connectivity index (χ4n) is 5.88. The number of hydrogen-bond donors (Lipinski definition) is 2.